The van der Waals surface area contributed by atoms with Crippen molar-refractivity contribution in [3.8, 4) is 10.7 Å². The molecule has 0 spiro atoms. The van der Waals surface area contributed by atoms with E-state index in [2.05, 4.69) is 15.4 Å². The minimum Gasteiger partial charge on any atom is -0.292 e. The van der Waals surface area contributed by atoms with Gasteiger partial charge in [-0.2, -0.15) is 4.80 Å². The molecule has 0 bridgehead atoms. The Morgan fingerprint density at radius 3 is 2.81 bits per heavy atom. The number of carbonyl (C=O) groups excluding carboxylic acids is 1. The number of halogens is 2. The van der Waals surface area contributed by atoms with Gasteiger partial charge in [0.05, 0.1) is 4.88 Å². The lowest BCUT2D eigenvalue weighted by molar-refractivity contribution is 0.0961. The van der Waals surface area contributed by atoms with E-state index in [1.54, 1.807) is 0 Å². The first kappa shape index (κ1) is 13.5. The second kappa shape index (κ2) is 5.49. The van der Waals surface area contributed by atoms with Gasteiger partial charge < -0.3 is 0 Å². The van der Waals surface area contributed by atoms with Gasteiger partial charge in [0.25, 0.3) is 0 Å². The SMILES string of the molecule is O=C(Cn1nnc(-c2cccs2)n1)c1ccc(F)c(F)c1. The fourth-order valence-corrected chi connectivity index (χ4v) is 2.35. The molecule has 0 N–H and O–H groups in total. The summed E-state index contributed by atoms with van der Waals surface area (Å²) < 4.78 is 25.9. The molecule has 0 saturated carbocycles. The van der Waals surface area contributed by atoms with Crippen LogP contribution >= 0.6 is 11.3 Å². The average molecular weight is 306 g/mol. The van der Waals surface area contributed by atoms with Crippen molar-refractivity contribution in [2.24, 2.45) is 0 Å². The van der Waals surface area contributed by atoms with Gasteiger partial charge in [0.15, 0.2) is 17.4 Å². The Labute approximate surface area is 121 Å². The van der Waals surface area contributed by atoms with Gasteiger partial charge in [-0.15, -0.1) is 21.5 Å². The summed E-state index contributed by atoms with van der Waals surface area (Å²) in [6.07, 6.45) is 0. The number of ketones is 1. The van der Waals surface area contributed by atoms with Crippen molar-refractivity contribution >= 4 is 17.1 Å². The van der Waals surface area contributed by atoms with Crippen molar-refractivity contribution < 1.29 is 13.6 Å². The van der Waals surface area contributed by atoms with Crippen LogP contribution in [-0.2, 0) is 6.54 Å². The van der Waals surface area contributed by atoms with Crippen LogP contribution in [0.5, 0.6) is 0 Å². The topological polar surface area (TPSA) is 60.7 Å². The summed E-state index contributed by atoms with van der Waals surface area (Å²) in [6, 6.07) is 6.68. The van der Waals surface area contributed by atoms with E-state index in [9.17, 15) is 13.6 Å². The van der Waals surface area contributed by atoms with Crippen molar-refractivity contribution in [2.75, 3.05) is 0 Å². The van der Waals surface area contributed by atoms with E-state index in [-0.39, 0.29) is 12.1 Å². The number of aromatic nitrogens is 4. The molecule has 0 fully saturated rings. The quantitative estimate of drug-likeness (QED) is 0.695. The molecule has 0 atom stereocenters. The molecule has 0 amide bonds. The van der Waals surface area contributed by atoms with Gasteiger partial charge in [0, 0.05) is 5.56 Å². The summed E-state index contributed by atoms with van der Waals surface area (Å²) in [5.41, 5.74) is 0.0591. The zero-order valence-corrected chi connectivity index (χ0v) is 11.3. The van der Waals surface area contributed by atoms with E-state index in [1.165, 1.54) is 17.4 Å². The lowest BCUT2D eigenvalue weighted by Crippen LogP contribution is -2.13. The molecule has 106 valence electrons. The maximum atomic E-state index is 13.1. The number of hydrogen-bond donors (Lipinski definition) is 0. The number of Topliss-reactive ketones (excluding diaryl/α,β-unsaturated/α-hetero) is 1. The Morgan fingerprint density at radius 2 is 2.10 bits per heavy atom. The highest BCUT2D eigenvalue weighted by Gasteiger charge is 2.13. The third-order valence-electron chi connectivity index (χ3n) is 2.72. The number of carbonyl (C=O) groups is 1. The van der Waals surface area contributed by atoms with E-state index < -0.39 is 17.4 Å². The predicted octanol–water partition coefficient (Wildman–Crippen LogP) is 2.56. The third kappa shape index (κ3) is 2.84. The van der Waals surface area contributed by atoms with Crippen molar-refractivity contribution in [1.29, 1.82) is 0 Å². The number of nitrogens with zero attached hydrogens (tertiary/aromatic N) is 4. The fourth-order valence-electron chi connectivity index (χ4n) is 1.70. The lowest BCUT2D eigenvalue weighted by Gasteiger charge is -2.00. The summed E-state index contributed by atoms with van der Waals surface area (Å²) in [5.74, 6) is -2.07. The van der Waals surface area contributed by atoms with Crippen molar-refractivity contribution in [3.05, 3.63) is 52.9 Å². The molecular formula is C13H8F2N4OS. The van der Waals surface area contributed by atoms with Gasteiger partial charge in [-0.05, 0) is 34.9 Å². The van der Waals surface area contributed by atoms with Crippen LogP contribution < -0.4 is 0 Å². The number of rotatable bonds is 4. The molecule has 0 aliphatic heterocycles. The largest absolute Gasteiger partial charge is 0.292 e. The first-order chi connectivity index (χ1) is 10.1. The van der Waals surface area contributed by atoms with Gasteiger partial charge in [-0.25, -0.2) is 8.78 Å². The summed E-state index contributed by atoms with van der Waals surface area (Å²) in [6.45, 7) is -0.191. The maximum absolute atomic E-state index is 13.1. The van der Waals surface area contributed by atoms with Crippen LogP contribution in [0.25, 0.3) is 10.7 Å². The minimum atomic E-state index is -1.06. The summed E-state index contributed by atoms with van der Waals surface area (Å²) in [4.78, 5) is 13.9. The molecule has 0 aliphatic rings. The summed E-state index contributed by atoms with van der Waals surface area (Å²) in [5, 5.41) is 13.6. The molecule has 2 heterocycles. The number of thiophene rings is 1. The normalized spacial score (nSPS) is 10.8. The first-order valence-electron chi connectivity index (χ1n) is 5.93. The van der Waals surface area contributed by atoms with Gasteiger partial charge in [-0.3, -0.25) is 4.79 Å². The highest BCUT2D eigenvalue weighted by molar-refractivity contribution is 7.13. The molecule has 5 nitrogen and oxygen atoms in total. The highest BCUT2D eigenvalue weighted by atomic mass is 32.1. The summed E-state index contributed by atoms with van der Waals surface area (Å²) in [7, 11) is 0. The van der Waals surface area contributed by atoms with Gasteiger partial charge in [0.2, 0.25) is 5.82 Å². The van der Waals surface area contributed by atoms with E-state index in [4.69, 9.17) is 0 Å². The number of hydrogen-bond acceptors (Lipinski definition) is 5. The van der Waals surface area contributed by atoms with E-state index in [1.807, 2.05) is 17.5 Å². The van der Waals surface area contributed by atoms with Gasteiger partial charge >= 0.3 is 0 Å². The Morgan fingerprint density at radius 1 is 1.24 bits per heavy atom. The minimum absolute atomic E-state index is 0.0591. The predicted molar refractivity (Wildman–Crippen MR) is 71.8 cm³/mol. The first-order valence-corrected chi connectivity index (χ1v) is 6.81. The summed E-state index contributed by atoms with van der Waals surface area (Å²) >= 11 is 1.45. The molecule has 21 heavy (non-hydrogen) atoms. The fraction of sp³-hybridized carbons (Fsp3) is 0.0769. The standard InChI is InChI=1S/C13H8F2N4OS/c14-9-4-3-8(6-10(9)15)11(20)7-19-17-13(16-18-19)12-2-1-5-21-12/h1-6H,7H2. The molecule has 0 saturated heterocycles. The van der Waals surface area contributed by atoms with Gasteiger partial charge in [0.1, 0.15) is 6.54 Å². The molecular weight excluding hydrogens is 298 g/mol. The molecule has 0 aliphatic carbocycles. The van der Waals surface area contributed by atoms with Crippen LogP contribution in [0.2, 0.25) is 0 Å². The second-order valence-electron chi connectivity index (χ2n) is 4.17. The molecule has 2 aromatic heterocycles. The van der Waals surface area contributed by atoms with Crippen LogP contribution in [0.3, 0.4) is 0 Å². The van der Waals surface area contributed by atoms with Crippen molar-refractivity contribution in [3.63, 3.8) is 0 Å². The van der Waals surface area contributed by atoms with Gasteiger partial charge in [-0.1, -0.05) is 6.07 Å². The van der Waals surface area contributed by atoms with Crippen LogP contribution in [0.4, 0.5) is 8.78 Å². The zero-order valence-electron chi connectivity index (χ0n) is 10.5. The Balaban J connectivity index is 1.77. The van der Waals surface area contributed by atoms with Crippen molar-refractivity contribution in [1.82, 2.24) is 20.2 Å². The van der Waals surface area contributed by atoms with Crippen molar-refractivity contribution in [2.45, 2.75) is 6.54 Å². The molecule has 1 aromatic carbocycles. The molecule has 0 radical (unpaired) electrons. The highest BCUT2D eigenvalue weighted by Crippen LogP contribution is 2.19. The molecule has 3 rings (SSSR count). The zero-order chi connectivity index (χ0) is 14.8. The van der Waals surface area contributed by atoms with Crippen LogP contribution in [0, 0.1) is 11.6 Å². The Kier molecular flexibility index (Phi) is 3.53. The van der Waals surface area contributed by atoms with Crippen LogP contribution in [0.15, 0.2) is 35.7 Å². The maximum Gasteiger partial charge on any atom is 0.214 e. The average Bonchev–Trinajstić information content (AvgIpc) is 3.12. The number of benzene rings is 1. The molecule has 0 unspecified atom stereocenters. The third-order valence-corrected chi connectivity index (χ3v) is 3.59. The van der Waals surface area contributed by atoms with E-state index in [0.29, 0.717) is 5.82 Å². The monoisotopic (exact) mass is 306 g/mol. The smallest absolute Gasteiger partial charge is 0.214 e. The van der Waals surface area contributed by atoms with Crippen LogP contribution in [-0.4, -0.2) is 26.0 Å². The second-order valence-corrected chi connectivity index (χ2v) is 5.12. The van der Waals surface area contributed by atoms with E-state index in [0.717, 1.165) is 21.8 Å². The molecule has 3 aromatic rings. The number of tetrazole rings is 1. The van der Waals surface area contributed by atoms with E-state index >= 15 is 0 Å². The Bertz CT molecular complexity index is 785. The molecule has 8 heteroatoms. The van der Waals surface area contributed by atoms with Crippen LogP contribution in [0.1, 0.15) is 10.4 Å². The Hall–Kier alpha value is -2.48. The lowest BCUT2D eigenvalue weighted by atomic mass is 10.1.